The Balaban J connectivity index is 2.69. The van der Waals surface area contributed by atoms with Gasteiger partial charge < -0.3 is 5.32 Å². The lowest BCUT2D eigenvalue weighted by Crippen LogP contribution is -2.03. The molecule has 1 rings (SSSR count). The minimum Gasteiger partial charge on any atom is -0.384 e. The Hall–Kier alpha value is -1.82. The Labute approximate surface area is 89.0 Å². The van der Waals surface area contributed by atoms with E-state index in [1.54, 1.807) is 12.1 Å². The van der Waals surface area contributed by atoms with Gasteiger partial charge in [0.05, 0.1) is 5.69 Å². The van der Waals surface area contributed by atoms with Crippen molar-refractivity contribution in [3.8, 4) is 6.07 Å². The van der Waals surface area contributed by atoms with Crippen LogP contribution in [0.5, 0.6) is 0 Å². The maximum absolute atomic E-state index is 13.1. The summed E-state index contributed by atoms with van der Waals surface area (Å²) in [6.45, 7) is 2.64. The molecule has 15 heavy (non-hydrogen) atoms. The van der Waals surface area contributed by atoms with Gasteiger partial charge in [0.15, 0.2) is 0 Å². The lowest BCUT2D eigenvalue weighted by atomic mass is 10.2. The number of nitrogens with one attached hydrogen (secondary N) is 1. The van der Waals surface area contributed by atoms with E-state index in [0.29, 0.717) is 12.2 Å². The van der Waals surface area contributed by atoms with Crippen LogP contribution in [0.3, 0.4) is 0 Å². The van der Waals surface area contributed by atoms with Crippen molar-refractivity contribution in [2.75, 3.05) is 11.9 Å². The van der Waals surface area contributed by atoms with Crippen molar-refractivity contribution in [3.63, 3.8) is 0 Å². The second-order valence-corrected chi connectivity index (χ2v) is 3.06. The number of benzene rings is 1. The van der Waals surface area contributed by atoms with E-state index in [9.17, 15) is 4.39 Å². The molecule has 0 bridgehead atoms. The first-order valence-corrected chi connectivity index (χ1v) is 4.83. The molecule has 0 atom stereocenters. The number of hydrogen-bond acceptors (Lipinski definition) is 2. The molecule has 0 aliphatic heterocycles. The highest BCUT2D eigenvalue weighted by atomic mass is 19.1. The van der Waals surface area contributed by atoms with Crippen LogP contribution >= 0.6 is 0 Å². The maximum Gasteiger partial charge on any atom is 0.143 e. The summed E-state index contributed by atoms with van der Waals surface area (Å²) in [5, 5.41) is 11.8. The van der Waals surface area contributed by atoms with Gasteiger partial charge in [-0.3, -0.25) is 0 Å². The number of nitriles is 1. The summed E-state index contributed by atoms with van der Waals surface area (Å²) in [5.41, 5.74) is 0.639. The van der Waals surface area contributed by atoms with Gasteiger partial charge in [-0.15, -0.1) is 0 Å². The first-order valence-electron chi connectivity index (χ1n) is 4.83. The topological polar surface area (TPSA) is 35.8 Å². The number of halogens is 1. The molecule has 0 aliphatic carbocycles. The Morgan fingerprint density at radius 3 is 3.00 bits per heavy atom. The van der Waals surface area contributed by atoms with E-state index in [1.807, 2.05) is 25.1 Å². The van der Waals surface area contributed by atoms with Crippen LogP contribution in [0.25, 0.3) is 0 Å². The van der Waals surface area contributed by atoms with Gasteiger partial charge >= 0.3 is 0 Å². The molecular formula is C12H13FN2. The lowest BCUT2D eigenvalue weighted by Gasteiger charge is -2.06. The molecule has 0 heterocycles. The molecule has 2 nitrogen and oxygen atoms in total. The number of anilines is 1. The largest absolute Gasteiger partial charge is 0.384 e. The first-order chi connectivity index (χ1) is 7.29. The van der Waals surface area contributed by atoms with E-state index < -0.39 is 5.82 Å². The zero-order valence-corrected chi connectivity index (χ0v) is 8.63. The highest BCUT2D eigenvalue weighted by molar-refractivity contribution is 5.57. The smallest absolute Gasteiger partial charge is 0.143 e. The maximum atomic E-state index is 13.1. The molecule has 0 aliphatic rings. The summed E-state index contributed by atoms with van der Waals surface area (Å²) < 4.78 is 13.1. The molecule has 1 aromatic rings. The molecule has 0 saturated carbocycles. The van der Waals surface area contributed by atoms with E-state index in [4.69, 9.17) is 5.26 Å². The normalized spacial score (nSPS) is 10.2. The second kappa shape index (κ2) is 5.82. The van der Waals surface area contributed by atoms with Gasteiger partial charge in [-0.2, -0.15) is 5.26 Å². The molecule has 78 valence electrons. The molecule has 1 aromatic carbocycles. The molecule has 0 aromatic heterocycles. The van der Waals surface area contributed by atoms with Crippen LogP contribution in [-0.2, 0) is 0 Å². The van der Waals surface area contributed by atoms with Crippen molar-refractivity contribution in [1.82, 2.24) is 0 Å². The zero-order valence-electron chi connectivity index (χ0n) is 8.63. The Morgan fingerprint density at radius 2 is 2.33 bits per heavy atom. The Bertz CT molecular complexity index is 391. The second-order valence-electron chi connectivity index (χ2n) is 3.06. The van der Waals surface area contributed by atoms with Crippen molar-refractivity contribution in [2.45, 2.75) is 13.3 Å². The van der Waals surface area contributed by atoms with Crippen LogP contribution in [0.1, 0.15) is 18.9 Å². The van der Waals surface area contributed by atoms with Gasteiger partial charge in [0.25, 0.3) is 0 Å². The highest BCUT2D eigenvalue weighted by Gasteiger charge is 2.05. The average molecular weight is 204 g/mol. The third-order valence-electron chi connectivity index (χ3n) is 1.99. The monoisotopic (exact) mass is 204 g/mol. The van der Waals surface area contributed by atoms with E-state index in [1.165, 1.54) is 6.07 Å². The third kappa shape index (κ3) is 3.10. The van der Waals surface area contributed by atoms with Crippen molar-refractivity contribution >= 4 is 5.69 Å². The Kier molecular flexibility index (Phi) is 4.36. The van der Waals surface area contributed by atoms with E-state index in [2.05, 4.69) is 5.32 Å². The van der Waals surface area contributed by atoms with Crippen molar-refractivity contribution in [1.29, 1.82) is 5.26 Å². The summed E-state index contributed by atoms with van der Waals surface area (Å²) in [6.07, 6.45) is 4.83. The minimum absolute atomic E-state index is 0.0815. The molecule has 0 radical (unpaired) electrons. The molecule has 0 fully saturated rings. The number of hydrogen-bond donors (Lipinski definition) is 1. The summed E-state index contributed by atoms with van der Waals surface area (Å²) in [5.74, 6) is -0.478. The number of allylic oxidation sites excluding steroid dienone is 1. The fraction of sp³-hybridized carbons (Fsp3) is 0.250. The third-order valence-corrected chi connectivity index (χ3v) is 1.99. The molecule has 0 unspecified atom stereocenters. The Morgan fingerprint density at radius 1 is 1.53 bits per heavy atom. The quantitative estimate of drug-likeness (QED) is 0.604. The fourth-order valence-electron chi connectivity index (χ4n) is 1.24. The number of rotatable bonds is 4. The number of nitrogens with zero attached hydrogens (tertiary/aromatic N) is 1. The van der Waals surface area contributed by atoms with Gasteiger partial charge in [0, 0.05) is 6.54 Å². The van der Waals surface area contributed by atoms with Crippen LogP contribution in [0.15, 0.2) is 30.4 Å². The highest BCUT2D eigenvalue weighted by Crippen LogP contribution is 2.17. The zero-order chi connectivity index (χ0) is 11.1. The van der Waals surface area contributed by atoms with E-state index in [0.717, 1.165) is 6.42 Å². The molecule has 0 amide bonds. The SMILES string of the molecule is C/C=C/CCNc1cccc(F)c1C#N. The van der Waals surface area contributed by atoms with Gasteiger partial charge in [-0.25, -0.2) is 4.39 Å². The summed E-state index contributed by atoms with van der Waals surface area (Å²) in [6, 6.07) is 6.43. The summed E-state index contributed by atoms with van der Waals surface area (Å²) >= 11 is 0. The van der Waals surface area contributed by atoms with E-state index in [-0.39, 0.29) is 5.56 Å². The van der Waals surface area contributed by atoms with Crippen LogP contribution in [0.2, 0.25) is 0 Å². The van der Waals surface area contributed by atoms with Gasteiger partial charge in [-0.05, 0) is 25.5 Å². The van der Waals surface area contributed by atoms with Gasteiger partial charge in [0.2, 0.25) is 0 Å². The molecule has 3 heteroatoms. The predicted octanol–water partition coefficient (Wildman–Crippen LogP) is 3.08. The fourth-order valence-corrected chi connectivity index (χ4v) is 1.24. The minimum atomic E-state index is -0.478. The van der Waals surface area contributed by atoms with Gasteiger partial charge in [0.1, 0.15) is 17.4 Å². The predicted molar refractivity (Wildman–Crippen MR) is 59.0 cm³/mol. The van der Waals surface area contributed by atoms with E-state index >= 15 is 0 Å². The van der Waals surface area contributed by atoms with Crippen LogP contribution in [0.4, 0.5) is 10.1 Å². The van der Waals surface area contributed by atoms with Crippen LogP contribution in [-0.4, -0.2) is 6.54 Å². The standard InChI is InChI=1S/C12H13FN2/c1-2-3-4-8-15-12-7-5-6-11(13)10(12)9-14/h2-3,5-7,15H,4,8H2,1H3/b3-2+. The summed E-state index contributed by atoms with van der Waals surface area (Å²) in [4.78, 5) is 0. The lowest BCUT2D eigenvalue weighted by molar-refractivity contribution is 0.624. The molecule has 0 saturated heterocycles. The summed E-state index contributed by atoms with van der Waals surface area (Å²) in [7, 11) is 0. The first kappa shape index (κ1) is 11.3. The molecule has 0 spiro atoms. The van der Waals surface area contributed by atoms with Crippen LogP contribution < -0.4 is 5.32 Å². The average Bonchev–Trinajstić information content (AvgIpc) is 2.24. The van der Waals surface area contributed by atoms with Crippen molar-refractivity contribution in [2.24, 2.45) is 0 Å². The van der Waals surface area contributed by atoms with Crippen molar-refractivity contribution < 1.29 is 4.39 Å². The van der Waals surface area contributed by atoms with Crippen molar-refractivity contribution in [3.05, 3.63) is 41.7 Å². The molecular weight excluding hydrogens is 191 g/mol. The molecule has 1 N–H and O–H groups in total. The van der Waals surface area contributed by atoms with Gasteiger partial charge in [-0.1, -0.05) is 18.2 Å². The van der Waals surface area contributed by atoms with Crippen LogP contribution in [0, 0.1) is 17.1 Å².